The number of hydrogen-bond donors (Lipinski definition) is 1. The molecule has 0 aromatic heterocycles. The molecule has 0 bridgehead atoms. The molecule has 0 saturated carbocycles. The van der Waals surface area contributed by atoms with Gasteiger partial charge in [-0.25, -0.2) is 0 Å². The molecular formula is C16H18BrNO2. The van der Waals surface area contributed by atoms with Crippen molar-refractivity contribution in [2.24, 2.45) is 5.73 Å². The molecule has 0 saturated heterocycles. The average molecular weight is 336 g/mol. The number of halogens is 1. The van der Waals surface area contributed by atoms with E-state index in [1.165, 1.54) is 0 Å². The van der Waals surface area contributed by atoms with Gasteiger partial charge in [0.25, 0.3) is 0 Å². The van der Waals surface area contributed by atoms with E-state index in [4.69, 9.17) is 15.2 Å². The fourth-order valence-electron chi connectivity index (χ4n) is 2.11. The second-order valence-electron chi connectivity index (χ2n) is 4.34. The lowest BCUT2D eigenvalue weighted by molar-refractivity contribution is 0.340. The summed E-state index contributed by atoms with van der Waals surface area (Å²) in [5, 5.41) is 0. The minimum atomic E-state index is -0.254. The van der Waals surface area contributed by atoms with E-state index >= 15 is 0 Å². The molecule has 106 valence electrons. The van der Waals surface area contributed by atoms with Crippen LogP contribution in [0.4, 0.5) is 0 Å². The van der Waals surface area contributed by atoms with Crippen LogP contribution in [0.2, 0.25) is 0 Å². The minimum absolute atomic E-state index is 0.254. The monoisotopic (exact) mass is 335 g/mol. The maximum atomic E-state index is 6.37. The van der Waals surface area contributed by atoms with Crippen LogP contribution in [-0.4, -0.2) is 13.7 Å². The van der Waals surface area contributed by atoms with Crippen LogP contribution in [0, 0.1) is 0 Å². The van der Waals surface area contributed by atoms with Crippen molar-refractivity contribution in [1.82, 2.24) is 0 Å². The molecule has 0 aliphatic heterocycles. The van der Waals surface area contributed by atoms with Crippen molar-refractivity contribution in [2.45, 2.75) is 13.0 Å². The summed E-state index contributed by atoms with van der Waals surface area (Å²) in [5.74, 6) is 1.62. The summed E-state index contributed by atoms with van der Waals surface area (Å²) in [6.07, 6.45) is 0. The first-order chi connectivity index (χ1) is 9.67. The quantitative estimate of drug-likeness (QED) is 0.900. The summed E-state index contributed by atoms with van der Waals surface area (Å²) < 4.78 is 11.8. The van der Waals surface area contributed by atoms with Crippen LogP contribution in [0.25, 0.3) is 0 Å². The zero-order valence-corrected chi connectivity index (χ0v) is 13.2. The van der Waals surface area contributed by atoms with Crippen molar-refractivity contribution in [3.63, 3.8) is 0 Å². The highest BCUT2D eigenvalue weighted by molar-refractivity contribution is 9.10. The van der Waals surface area contributed by atoms with Crippen molar-refractivity contribution in [3.8, 4) is 11.5 Å². The number of ether oxygens (including phenoxy) is 2. The van der Waals surface area contributed by atoms with Gasteiger partial charge in [0.1, 0.15) is 11.5 Å². The van der Waals surface area contributed by atoms with E-state index in [9.17, 15) is 0 Å². The Balaban J connectivity index is 2.35. The molecule has 1 atom stereocenters. The third-order valence-electron chi connectivity index (χ3n) is 3.09. The van der Waals surface area contributed by atoms with Crippen LogP contribution in [0.5, 0.6) is 11.5 Å². The van der Waals surface area contributed by atoms with E-state index in [1.54, 1.807) is 7.11 Å². The minimum Gasteiger partial charge on any atom is -0.496 e. The molecular weight excluding hydrogens is 318 g/mol. The zero-order valence-electron chi connectivity index (χ0n) is 11.6. The molecule has 0 spiro atoms. The molecule has 2 aromatic rings. The lowest BCUT2D eigenvalue weighted by atomic mass is 9.98. The number of methoxy groups -OCH3 is 1. The Morgan fingerprint density at radius 1 is 1.15 bits per heavy atom. The number of benzene rings is 2. The fraction of sp³-hybridized carbons (Fsp3) is 0.250. The first-order valence-corrected chi connectivity index (χ1v) is 7.27. The molecule has 0 aliphatic carbocycles. The van der Waals surface area contributed by atoms with Gasteiger partial charge in [-0.05, 0) is 30.7 Å². The van der Waals surface area contributed by atoms with Crippen molar-refractivity contribution in [3.05, 3.63) is 58.1 Å². The van der Waals surface area contributed by atoms with Crippen LogP contribution in [0.1, 0.15) is 24.1 Å². The first kappa shape index (κ1) is 14.9. The fourth-order valence-corrected chi connectivity index (χ4v) is 2.71. The number of rotatable bonds is 5. The summed E-state index contributed by atoms with van der Waals surface area (Å²) >= 11 is 3.56. The molecule has 0 heterocycles. The smallest absolute Gasteiger partial charge is 0.123 e. The number of nitrogens with two attached hydrogens (primary N) is 1. The Kier molecular flexibility index (Phi) is 5.04. The maximum absolute atomic E-state index is 6.37. The summed E-state index contributed by atoms with van der Waals surface area (Å²) in [7, 11) is 1.65. The van der Waals surface area contributed by atoms with Gasteiger partial charge >= 0.3 is 0 Å². The Labute approximate surface area is 127 Å². The molecule has 0 aliphatic rings. The zero-order chi connectivity index (χ0) is 14.5. The van der Waals surface area contributed by atoms with Gasteiger partial charge in [0.05, 0.1) is 19.8 Å². The second kappa shape index (κ2) is 6.77. The average Bonchev–Trinajstić information content (AvgIpc) is 2.47. The summed E-state index contributed by atoms with van der Waals surface area (Å²) in [4.78, 5) is 0. The predicted molar refractivity (Wildman–Crippen MR) is 84.3 cm³/mol. The molecule has 2 aromatic carbocycles. The SMILES string of the molecule is CCOc1ccc(C(N)c2ccccc2OC)c(Br)c1. The van der Waals surface area contributed by atoms with Crippen LogP contribution in [0.15, 0.2) is 46.9 Å². The van der Waals surface area contributed by atoms with Gasteiger partial charge in [-0.15, -0.1) is 0 Å². The standard InChI is InChI=1S/C16H18BrNO2/c1-3-20-11-8-9-12(14(17)10-11)16(18)13-6-4-5-7-15(13)19-2/h4-10,16H,3,18H2,1-2H3. The molecule has 1 unspecified atom stereocenters. The highest BCUT2D eigenvalue weighted by atomic mass is 79.9. The van der Waals surface area contributed by atoms with E-state index in [0.29, 0.717) is 6.61 Å². The Bertz CT molecular complexity index is 586. The summed E-state index contributed by atoms with van der Waals surface area (Å²) in [5.41, 5.74) is 8.32. The lowest BCUT2D eigenvalue weighted by Crippen LogP contribution is -2.13. The van der Waals surface area contributed by atoms with Crippen molar-refractivity contribution < 1.29 is 9.47 Å². The van der Waals surface area contributed by atoms with Gasteiger partial charge in [0.15, 0.2) is 0 Å². The number of para-hydroxylation sites is 1. The van der Waals surface area contributed by atoms with Crippen LogP contribution in [-0.2, 0) is 0 Å². The van der Waals surface area contributed by atoms with Gasteiger partial charge in [-0.1, -0.05) is 40.2 Å². The Morgan fingerprint density at radius 3 is 2.55 bits per heavy atom. The molecule has 3 nitrogen and oxygen atoms in total. The van der Waals surface area contributed by atoms with E-state index in [1.807, 2.05) is 49.4 Å². The summed E-state index contributed by atoms with van der Waals surface area (Å²) in [6, 6.07) is 13.4. The van der Waals surface area contributed by atoms with Gasteiger partial charge in [-0.3, -0.25) is 0 Å². The first-order valence-electron chi connectivity index (χ1n) is 6.48. The highest BCUT2D eigenvalue weighted by Gasteiger charge is 2.16. The molecule has 2 rings (SSSR count). The van der Waals surface area contributed by atoms with Crippen molar-refractivity contribution in [2.75, 3.05) is 13.7 Å². The van der Waals surface area contributed by atoms with E-state index in [2.05, 4.69) is 15.9 Å². The third kappa shape index (κ3) is 3.14. The van der Waals surface area contributed by atoms with Gasteiger partial charge in [0.2, 0.25) is 0 Å². The normalized spacial score (nSPS) is 12.0. The van der Waals surface area contributed by atoms with Crippen molar-refractivity contribution in [1.29, 1.82) is 0 Å². The van der Waals surface area contributed by atoms with E-state index in [-0.39, 0.29) is 6.04 Å². The molecule has 20 heavy (non-hydrogen) atoms. The molecule has 0 fully saturated rings. The van der Waals surface area contributed by atoms with Crippen LogP contribution in [0.3, 0.4) is 0 Å². The second-order valence-corrected chi connectivity index (χ2v) is 5.19. The van der Waals surface area contributed by atoms with Gasteiger partial charge in [-0.2, -0.15) is 0 Å². The summed E-state index contributed by atoms with van der Waals surface area (Å²) in [6.45, 7) is 2.60. The lowest BCUT2D eigenvalue weighted by Gasteiger charge is -2.18. The largest absolute Gasteiger partial charge is 0.496 e. The van der Waals surface area contributed by atoms with Crippen LogP contribution < -0.4 is 15.2 Å². The topological polar surface area (TPSA) is 44.5 Å². The molecule has 2 N–H and O–H groups in total. The van der Waals surface area contributed by atoms with E-state index < -0.39 is 0 Å². The van der Waals surface area contributed by atoms with Crippen molar-refractivity contribution >= 4 is 15.9 Å². The molecule has 4 heteroatoms. The number of hydrogen-bond acceptors (Lipinski definition) is 3. The molecule has 0 radical (unpaired) electrons. The highest BCUT2D eigenvalue weighted by Crippen LogP contribution is 2.33. The predicted octanol–water partition coefficient (Wildman–Crippen LogP) is 3.90. The van der Waals surface area contributed by atoms with Crippen LogP contribution >= 0.6 is 15.9 Å². The van der Waals surface area contributed by atoms with Gasteiger partial charge in [0, 0.05) is 10.0 Å². The Morgan fingerprint density at radius 2 is 1.90 bits per heavy atom. The van der Waals surface area contributed by atoms with E-state index in [0.717, 1.165) is 27.1 Å². The molecule has 0 amide bonds. The third-order valence-corrected chi connectivity index (χ3v) is 3.78. The van der Waals surface area contributed by atoms with Gasteiger partial charge < -0.3 is 15.2 Å². The Hall–Kier alpha value is -1.52. The maximum Gasteiger partial charge on any atom is 0.123 e.